The Kier molecular flexibility index (Phi) is 7.10. The van der Waals surface area contributed by atoms with E-state index in [1.807, 2.05) is 25.1 Å². The van der Waals surface area contributed by atoms with E-state index in [9.17, 15) is 0 Å². The van der Waals surface area contributed by atoms with Gasteiger partial charge in [0.05, 0.1) is 26.5 Å². The highest BCUT2D eigenvalue weighted by molar-refractivity contribution is 5.79. The van der Waals surface area contributed by atoms with E-state index in [2.05, 4.69) is 41.4 Å². The van der Waals surface area contributed by atoms with Crippen LogP contribution in [0.2, 0.25) is 0 Å². The molecule has 0 unspecified atom stereocenters. The first-order chi connectivity index (χ1) is 12.9. The van der Waals surface area contributed by atoms with Crippen molar-refractivity contribution in [2.45, 2.75) is 46.2 Å². The van der Waals surface area contributed by atoms with Gasteiger partial charge in [-0.3, -0.25) is 4.99 Å². The van der Waals surface area contributed by atoms with E-state index in [1.165, 1.54) is 0 Å². The van der Waals surface area contributed by atoms with Gasteiger partial charge in [0.2, 0.25) is 5.89 Å². The molecule has 0 bridgehead atoms. The van der Waals surface area contributed by atoms with Crippen LogP contribution in [0, 0.1) is 0 Å². The summed E-state index contributed by atoms with van der Waals surface area (Å²) in [5.41, 5.74) is 1.00. The van der Waals surface area contributed by atoms with Crippen molar-refractivity contribution in [3.8, 4) is 11.5 Å². The summed E-state index contributed by atoms with van der Waals surface area (Å²) in [7, 11) is 3.36. The number of guanidine groups is 1. The van der Waals surface area contributed by atoms with Crippen molar-refractivity contribution in [2.24, 2.45) is 4.99 Å². The second kappa shape index (κ2) is 9.30. The molecule has 0 aliphatic heterocycles. The Hall–Kier alpha value is -2.70. The van der Waals surface area contributed by atoms with E-state index in [4.69, 9.17) is 13.9 Å². The largest absolute Gasteiger partial charge is 0.493 e. The number of benzene rings is 1. The zero-order chi connectivity index (χ0) is 19.9. The molecule has 1 aromatic carbocycles. The van der Waals surface area contributed by atoms with Crippen LogP contribution < -0.4 is 20.1 Å². The molecule has 2 aromatic rings. The lowest BCUT2D eigenvalue weighted by molar-refractivity contribution is 0.310. The lowest BCUT2D eigenvalue weighted by Crippen LogP contribution is -2.36. The number of ether oxygens (including phenoxy) is 2. The monoisotopic (exact) mass is 374 g/mol. The molecule has 0 fully saturated rings. The maximum absolute atomic E-state index is 5.79. The van der Waals surface area contributed by atoms with Crippen LogP contribution in [-0.4, -0.2) is 31.7 Å². The summed E-state index contributed by atoms with van der Waals surface area (Å²) >= 11 is 0. The fraction of sp³-hybridized carbons (Fsp3) is 0.500. The van der Waals surface area contributed by atoms with E-state index in [1.54, 1.807) is 20.4 Å². The maximum atomic E-state index is 5.79. The smallest absolute Gasteiger partial charge is 0.213 e. The predicted molar refractivity (Wildman–Crippen MR) is 106 cm³/mol. The van der Waals surface area contributed by atoms with Crippen LogP contribution in [0.25, 0.3) is 0 Å². The van der Waals surface area contributed by atoms with Gasteiger partial charge in [-0.25, -0.2) is 4.98 Å². The Bertz CT molecular complexity index is 763. The molecule has 0 saturated carbocycles. The summed E-state index contributed by atoms with van der Waals surface area (Å²) < 4.78 is 16.7. The molecule has 7 nitrogen and oxygen atoms in total. The van der Waals surface area contributed by atoms with Gasteiger partial charge < -0.3 is 24.5 Å². The van der Waals surface area contributed by atoms with Gasteiger partial charge in [-0.15, -0.1) is 0 Å². The zero-order valence-electron chi connectivity index (χ0n) is 17.0. The Balaban J connectivity index is 1.91. The number of hydrogen-bond acceptors (Lipinski definition) is 5. The molecule has 27 heavy (non-hydrogen) atoms. The topological polar surface area (TPSA) is 80.9 Å². The van der Waals surface area contributed by atoms with Crippen LogP contribution in [0.5, 0.6) is 11.5 Å². The molecule has 0 amide bonds. The van der Waals surface area contributed by atoms with E-state index in [0.29, 0.717) is 37.3 Å². The summed E-state index contributed by atoms with van der Waals surface area (Å²) in [4.78, 5) is 8.55. The minimum absolute atomic E-state index is 0.0577. The fourth-order valence-electron chi connectivity index (χ4n) is 2.40. The molecule has 0 saturated heterocycles. The summed E-state index contributed by atoms with van der Waals surface area (Å²) in [6.45, 7) is 9.89. The van der Waals surface area contributed by atoms with Gasteiger partial charge in [0.15, 0.2) is 17.5 Å². The van der Waals surface area contributed by atoms with Crippen LogP contribution in [0.3, 0.4) is 0 Å². The number of aliphatic imine (C=N–C) groups is 1. The number of methoxy groups -OCH3 is 1. The van der Waals surface area contributed by atoms with Crippen LogP contribution in [0.4, 0.5) is 0 Å². The summed E-state index contributed by atoms with van der Waals surface area (Å²) in [5.74, 6) is 3.62. The molecule has 7 heteroatoms. The molecule has 0 radical (unpaired) electrons. The first-order valence-corrected chi connectivity index (χ1v) is 9.06. The molecule has 1 aromatic heterocycles. The second-order valence-corrected chi connectivity index (χ2v) is 7.07. The van der Waals surface area contributed by atoms with Gasteiger partial charge in [0.1, 0.15) is 5.76 Å². The van der Waals surface area contributed by atoms with Crippen LogP contribution in [-0.2, 0) is 18.5 Å². The van der Waals surface area contributed by atoms with E-state index < -0.39 is 0 Å². The molecule has 0 atom stereocenters. The van der Waals surface area contributed by atoms with Crippen LogP contribution in [0.15, 0.2) is 33.8 Å². The number of rotatable bonds is 7. The van der Waals surface area contributed by atoms with Crippen molar-refractivity contribution in [3.63, 3.8) is 0 Å². The summed E-state index contributed by atoms with van der Waals surface area (Å²) in [6.07, 6.45) is 1.78. The molecule has 2 rings (SSSR count). The highest BCUT2D eigenvalue weighted by atomic mass is 16.5. The summed E-state index contributed by atoms with van der Waals surface area (Å²) in [6, 6.07) is 5.86. The zero-order valence-corrected chi connectivity index (χ0v) is 17.0. The molecule has 0 aliphatic carbocycles. The normalized spacial score (nSPS) is 12.0. The standard InChI is InChI=1S/C20H30N4O3/c1-7-26-15-9-8-14(10-16(15)25-6)11-23-19(21-5)24-13-18-22-12-17(27-18)20(2,3)4/h8-10,12H,7,11,13H2,1-6H3,(H2,21,23,24). The SMILES string of the molecule is CCOc1ccc(CNC(=NC)NCc2ncc(C(C)(C)C)o2)cc1OC. The summed E-state index contributed by atoms with van der Waals surface area (Å²) in [5, 5.41) is 6.48. The van der Waals surface area contributed by atoms with Crippen LogP contribution >= 0.6 is 0 Å². The highest BCUT2D eigenvalue weighted by Crippen LogP contribution is 2.28. The van der Waals surface area contributed by atoms with Gasteiger partial charge in [-0.1, -0.05) is 26.8 Å². The second-order valence-electron chi connectivity index (χ2n) is 7.07. The molecular weight excluding hydrogens is 344 g/mol. The number of aromatic nitrogens is 1. The van der Waals surface area contributed by atoms with Crippen molar-refractivity contribution in [1.29, 1.82) is 0 Å². The first-order valence-electron chi connectivity index (χ1n) is 9.06. The van der Waals surface area contributed by atoms with Crippen molar-refractivity contribution >= 4 is 5.96 Å². The molecular formula is C20H30N4O3. The average molecular weight is 374 g/mol. The van der Waals surface area contributed by atoms with Crippen molar-refractivity contribution in [2.75, 3.05) is 20.8 Å². The Morgan fingerprint density at radius 3 is 2.52 bits per heavy atom. The fourth-order valence-corrected chi connectivity index (χ4v) is 2.40. The number of oxazole rings is 1. The molecule has 0 aliphatic rings. The minimum Gasteiger partial charge on any atom is -0.493 e. The Morgan fingerprint density at radius 2 is 1.93 bits per heavy atom. The molecule has 1 heterocycles. The van der Waals surface area contributed by atoms with Crippen molar-refractivity contribution in [1.82, 2.24) is 15.6 Å². The van der Waals surface area contributed by atoms with Crippen LogP contribution in [0.1, 0.15) is 44.9 Å². The predicted octanol–water partition coefficient (Wildman–Crippen LogP) is 3.24. The van der Waals surface area contributed by atoms with E-state index in [0.717, 1.165) is 17.1 Å². The Labute approximate surface area is 161 Å². The van der Waals surface area contributed by atoms with Gasteiger partial charge >= 0.3 is 0 Å². The highest BCUT2D eigenvalue weighted by Gasteiger charge is 2.19. The van der Waals surface area contributed by atoms with Gasteiger partial charge in [-0.2, -0.15) is 0 Å². The lowest BCUT2D eigenvalue weighted by atomic mass is 9.94. The minimum atomic E-state index is -0.0577. The average Bonchev–Trinajstić information content (AvgIpc) is 3.12. The van der Waals surface area contributed by atoms with Crippen molar-refractivity contribution < 1.29 is 13.9 Å². The quantitative estimate of drug-likeness (QED) is 0.572. The van der Waals surface area contributed by atoms with E-state index >= 15 is 0 Å². The molecule has 148 valence electrons. The molecule has 2 N–H and O–H groups in total. The number of nitrogens with one attached hydrogen (secondary N) is 2. The van der Waals surface area contributed by atoms with E-state index in [-0.39, 0.29) is 5.41 Å². The first kappa shape index (κ1) is 20.6. The third kappa shape index (κ3) is 5.91. The molecule has 0 spiro atoms. The third-order valence-corrected chi connectivity index (χ3v) is 3.91. The van der Waals surface area contributed by atoms with Gasteiger partial charge in [-0.05, 0) is 24.6 Å². The third-order valence-electron chi connectivity index (χ3n) is 3.91. The lowest BCUT2D eigenvalue weighted by Gasteiger charge is -2.14. The van der Waals surface area contributed by atoms with Gasteiger partial charge in [0.25, 0.3) is 0 Å². The van der Waals surface area contributed by atoms with Crippen molar-refractivity contribution in [3.05, 3.63) is 41.6 Å². The Morgan fingerprint density at radius 1 is 1.19 bits per heavy atom. The van der Waals surface area contributed by atoms with Gasteiger partial charge in [0, 0.05) is 19.0 Å². The maximum Gasteiger partial charge on any atom is 0.213 e. The number of nitrogens with zero attached hydrogens (tertiary/aromatic N) is 2. The number of hydrogen-bond donors (Lipinski definition) is 2.